The molecule has 110 valence electrons. The number of nitrogens with one attached hydrogen (secondary N) is 1. The van der Waals surface area contributed by atoms with E-state index in [-0.39, 0.29) is 12.2 Å². The summed E-state index contributed by atoms with van der Waals surface area (Å²) in [4.78, 5) is 23.3. The third-order valence-corrected chi connectivity index (χ3v) is 3.12. The summed E-state index contributed by atoms with van der Waals surface area (Å²) in [6.45, 7) is 1.91. The van der Waals surface area contributed by atoms with E-state index >= 15 is 0 Å². The molecule has 5 heteroatoms. The van der Waals surface area contributed by atoms with Gasteiger partial charge in [-0.1, -0.05) is 37.3 Å². The van der Waals surface area contributed by atoms with E-state index in [0.717, 1.165) is 5.56 Å². The third kappa shape index (κ3) is 3.95. The Morgan fingerprint density at radius 3 is 2.48 bits per heavy atom. The Kier molecular flexibility index (Phi) is 4.77. The molecule has 2 aromatic rings. The number of furan rings is 1. The first kappa shape index (κ1) is 14.8. The minimum atomic E-state index is -1.07. The Bertz CT molecular complexity index is 618. The largest absolute Gasteiger partial charge is 0.480 e. The molecule has 0 saturated heterocycles. The van der Waals surface area contributed by atoms with Crippen LogP contribution in [0.25, 0.3) is 0 Å². The monoisotopic (exact) mass is 287 g/mol. The highest BCUT2D eigenvalue weighted by molar-refractivity contribution is 5.94. The first-order valence-electron chi connectivity index (χ1n) is 6.76. The highest BCUT2D eigenvalue weighted by Gasteiger charge is 2.22. The van der Waals surface area contributed by atoms with E-state index in [1.54, 1.807) is 12.1 Å². The predicted molar refractivity (Wildman–Crippen MR) is 77.1 cm³/mol. The highest BCUT2D eigenvalue weighted by Crippen LogP contribution is 2.09. The molecule has 2 rings (SSSR count). The number of hydrogen-bond acceptors (Lipinski definition) is 3. The molecule has 0 fully saturated rings. The van der Waals surface area contributed by atoms with Crippen molar-refractivity contribution < 1.29 is 19.1 Å². The normalized spacial score (nSPS) is 11.9. The van der Waals surface area contributed by atoms with Crippen molar-refractivity contribution in [1.29, 1.82) is 0 Å². The van der Waals surface area contributed by atoms with Crippen LogP contribution in [0.1, 0.15) is 28.8 Å². The second-order valence-electron chi connectivity index (χ2n) is 4.67. The second-order valence-corrected chi connectivity index (χ2v) is 4.67. The zero-order chi connectivity index (χ0) is 15.2. The summed E-state index contributed by atoms with van der Waals surface area (Å²) in [7, 11) is 0. The molecule has 21 heavy (non-hydrogen) atoms. The number of carboxylic acids is 1. The van der Waals surface area contributed by atoms with Crippen LogP contribution in [-0.2, 0) is 17.6 Å². The molecule has 0 radical (unpaired) electrons. The summed E-state index contributed by atoms with van der Waals surface area (Å²) in [6, 6.07) is 11.4. The van der Waals surface area contributed by atoms with Crippen molar-refractivity contribution in [2.45, 2.75) is 25.8 Å². The molecular formula is C16H17NO4. The number of carboxylic acid groups (broad SMARTS) is 1. The van der Waals surface area contributed by atoms with Crippen molar-refractivity contribution in [3.63, 3.8) is 0 Å². The summed E-state index contributed by atoms with van der Waals surface area (Å²) in [6.07, 6.45) is 0.906. The maximum Gasteiger partial charge on any atom is 0.326 e. The zero-order valence-corrected chi connectivity index (χ0v) is 11.7. The van der Waals surface area contributed by atoms with Gasteiger partial charge in [0.1, 0.15) is 11.8 Å². The van der Waals surface area contributed by atoms with E-state index in [4.69, 9.17) is 4.42 Å². The first-order chi connectivity index (χ1) is 10.1. The standard InChI is InChI=1S/C16H17NO4/c1-2-12-8-9-14(21-12)15(18)17-13(16(19)20)10-11-6-4-3-5-7-11/h3-9,13H,2,10H2,1H3,(H,17,18)(H,19,20). The van der Waals surface area contributed by atoms with Gasteiger partial charge in [-0.2, -0.15) is 0 Å². The van der Waals surface area contributed by atoms with Gasteiger partial charge in [-0.05, 0) is 17.7 Å². The first-order valence-corrected chi connectivity index (χ1v) is 6.76. The summed E-state index contributed by atoms with van der Waals surface area (Å²) in [5.41, 5.74) is 0.846. The summed E-state index contributed by atoms with van der Waals surface area (Å²) in [5, 5.41) is 11.7. The third-order valence-electron chi connectivity index (χ3n) is 3.12. The van der Waals surface area contributed by atoms with Gasteiger partial charge >= 0.3 is 5.97 Å². The van der Waals surface area contributed by atoms with Crippen molar-refractivity contribution in [2.75, 3.05) is 0 Å². The minimum absolute atomic E-state index is 0.131. The number of hydrogen-bond donors (Lipinski definition) is 2. The Balaban J connectivity index is 2.05. The van der Waals surface area contributed by atoms with Crippen LogP contribution in [0.4, 0.5) is 0 Å². The van der Waals surface area contributed by atoms with Crippen LogP contribution in [-0.4, -0.2) is 23.0 Å². The van der Waals surface area contributed by atoms with E-state index in [1.165, 1.54) is 0 Å². The Hall–Kier alpha value is -2.56. The fourth-order valence-corrected chi connectivity index (χ4v) is 1.97. The Morgan fingerprint density at radius 1 is 1.19 bits per heavy atom. The number of aryl methyl sites for hydroxylation is 1. The molecule has 5 nitrogen and oxygen atoms in total. The second kappa shape index (κ2) is 6.74. The van der Waals surface area contributed by atoms with Crippen LogP contribution in [0.3, 0.4) is 0 Å². The summed E-state index contributed by atoms with van der Waals surface area (Å²) in [5.74, 6) is -0.770. The fraction of sp³-hybridized carbons (Fsp3) is 0.250. The van der Waals surface area contributed by atoms with Gasteiger partial charge in [0.15, 0.2) is 5.76 Å². The molecule has 1 unspecified atom stereocenters. The van der Waals surface area contributed by atoms with Crippen molar-refractivity contribution in [2.24, 2.45) is 0 Å². The molecule has 1 heterocycles. The molecule has 0 bridgehead atoms. The maximum atomic E-state index is 12.0. The van der Waals surface area contributed by atoms with Crippen LogP contribution >= 0.6 is 0 Å². The van der Waals surface area contributed by atoms with Crippen molar-refractivity contribution >= 4 is 11.9 Å². The molecule has 0 aliphatic heterocycles. The lowest BCUT2D eigenvalue weighted by atomic mass is 10.1. The lowest BCUT2D eigenvalue weighted by Crippen LogP contribution is -2.42. The van der Waals surface area contributed by atoms with Gasteiger partial charge < -0.3 is 14.8 Å². The number of benzene rings is 1. The fourth-order valence-electron chi connectivity index (χ4n) is 1.97. The van der Waals surface area contributed by atoms with E-state index < -0.39 is 17.9 Å². The molecule has 0 spiro atoms. The van der Waals surface area contributed by atoms with Crippen molar-refractivity contribution in [3.05, 3.63) is 59.5 Å². The molecule has 1 atom stereocenters. The van der Waals surface area contributed by atoms with Crippen LogP contribution in [0.15, 0.2) is 46.9 Å². The Morgan fingerprint density at radius 2 is 1.90 bits per heavy atom. The number of carbonyl (C=O) groups excluding carboxylic acids is 1. The van der Waals surface area contributed by atoms with E-state index in [0.29, 0.717) is 12.2 Å². The number of aliphatic carboxylic acids is 1. The Labute approximate surface area is 122 Å². The number of amides is 1. The van der Waals surface area contributed by atoms with Gasteiger partial charge in [0, 0.05) is 12.8 Å². The summed E-state index contributed by atoms with van der Waals surface area (Å²) < 4.78 is 5.32. The molecule has 0 aliphatic carbocycles. The van der Waals surface area contributed by atoms with E-state index in [2.05, 4.69) is 5.32 Å². The molecule has 1 amide bonds. The van der Waals surface area contributed by atoms with Crippen molar-refractivity contribution in [1.82, 2.24) is 5.32 Å². The average Bonchev–Trinajstić information content (AvgIpc) is 2.96. The smallest absolute Gasteiger partial charge is 0.326 e. The van der Waals surface area contributed by atoms with Gasteiger partial charge in [-0.15, -0.1) is 0 Å². The van der Waals surface area contributed by atoms with Gasteiger partial charge in [0.25, 0.3) is 5.91 Å². The lowest BCUT2D eigenvalue weighted by Gasteiger charge is -2.13. The van der Waals surface area contributed by atoms with Gasteiger partial charge in [0.05, 0.1) is 0 Å². The molecule has 0 saturated carbocycles. The number of rotatable bonds is 6. The van der Waals surface area contributed by atoms with Gasteiger partial charge in [0.2, 0.25) is 0 Å². The average molecular weight is 287 g/mol. The number of carbonyl (C=O) groups is 2. The minimum Gasteiger partial charge on any atom is -0.480 e. The predicted octanol–water partition coefficient (Wildman–Crippen LogP) is 2.27. The lowest BCUT2D eigenvalue weighted by molar-refractivity contribution is -0.139. The van der Waals surface area contributed by atoms with E-state index in [1.807, 2.05) is 37.3 Å². The zero-order valence-electron chi connectivity index (χ0n) is 11.7. The SMILES string of the molecule is CCc1ccc(C(=O)NC(Cc2ccccc2)C(=O)O)o1. The highest BCUT2D eigenvalue weighted by atomic mass is 16.4. The summed E-state index contributed by atoms with van der Waals surface area (Å²) >= 11 is 0. The topological polar surface area (TPSA) is 79.5 Å². The molecule has 1 aromatic heterocycles. The quantitative estimate of drug-likeness (QED) is 0.854. The molecular weight excluding hydrogens is 270 g/mol. The van der Waals surface area contributed by atoms with Crippen LogP contribution in [0.5, 0.6) is 0 Å². The maximum absolute atomic E-state index is 12.0. The molecule has 1 aromatic carbocycles. The van der Waals surface area contributed by atoms with Crippen LogP contribution in [0.2, 0.25) is 0 Å². The van der Waals surface area contributed by atoms with Gasteiger partial charge in [-0.3, -0.25) is 4.79 Å². The van der Waals surface area contributed by atoms with Gasteiger partial charge in [-0.25, -0.2) is 4.79 Å². The molecule has 0 aliphatic rings. The van der Waals surface area contributed by atoms with Crippen molar-refractivity contribution in [3.8, 4) is 0 Å². The van der Waals surface area contributed by atoms with Crippen LogP contribution in [0, 0.1) is 0 Å². The van der Waals surface area contributed by atoms with E-state index in [9.17, 15) is 14.7 Å². The molecule has 2 N–H and O–H groups in total. The van der Waals surface area contributed by atoms with Crippen LogP contribution < -0.4 is 5.32 Å².